The second-order valence-corrected chi connectivity index (χ2v) is 3.43. The van der Waals surface area contributed by atoms with Crippen molar-refractivity contribution in [1.29, 1.82) is 0 Å². The maximum Gasteiger partial charge on any atom is 0.0355 e. The molecule has 0 rings (SSSR count). The molecule has 1 heteroatoms. The molecule has 0 bridgehead atoms. The molecule has 0 aliphatic heterocycles. The van der Waals surface area contributed by atoms with Crippen LogP contribution in [0.2, 0.25) is 0 Å². The van der Waals surface area contributed by atoms with Crippen LogP contribution in [0.15, 0.2) is 11.6 Å². The molecule has 0 aromatic carbocycles. The van der Waals surface area contributed by atoms with Crippen LogP contribution in [0.3, 0.4) is 0 Å². The predicted molar refractivity (Wildman–Crippen MR) is 47.2 cm³/mol. The molecule has 0 amide bonds. The minimum Gasteiger partial charge on any atom is -0.301 e. The van der Waals surface area contributed by atoms with E-state index < -0.39 is 0 Å². The van der Waals surface area contributed by atoms with Gasteiger partial charge in [0, 0.05) is 5.54 Å². The van der Waals surface area contributed by atoms with Crippen LogP contribution in [-0.4, -0.2) is 24.5 Å². The first-order valence-corrected chi connectivity index (χ1v) is 3.73. The summed E-state index contributed by atoms with van der Waals surface area (Å²) in [6.45, 7) is 8.70. The third-order valence-electron chi connectivity index (χ3n) is 2.52. The molecule has 60 valence electrons. The van der Waals surface area contributed by atoms with E-state index in [0.717, 1.165) is 0 Å². The van der Waals surface area contributed by atoms with Gasteiger partial charge in [0.1, 0.15) is 0 Å². The summed E-state index contributed by atoms with van der Waals surface area (Å²) in [6, 6.07) is 0. The highest BCUT2D eigenvalue weighted by Crippen LogP contribution is 2.19. The first-order chi connectivity index (χ1) is 4.42. The Morgan fingerprint density at radius 3 is 1.80 bits per heavy atom. The molecule has 0 saturated heterocycles. The van der Waals surface area contributed by atoms with E-state index in [9.17, 15) is 0 Å². The third kappa shape index (κ3) is 1.84. The highest BCUT2D eigenvalue weighted by atomic mass is 15.1. The summed E-state index contributed by atoms with van der Waals surface area (Å²) >= 11 is 0. The molecule has 0 heterocycles. The Morgan fingerprint density at radius 1 is 1.30 bits per heavy atom. The SMILES string of the molecule is CC=C(C)C(C)(C)N(C)C. The molecule has 0 spiro atoms. The lowest BCUT2D eigenvalue weighted by atomic mass is 9.94. The van der Waals surface area contributed by atoms with Crippen LogP contribution in [0.25, 0.3) is 0 Å². The molecule has 0 aliphatic carbocycles. The van der Waals surface area contributed by atoms with Crippen LogP contribution in [0.4, 0.5) is 0 Å². The number of hydrogen-bond acceptors (Lipinski definition) is 1. The largest absolute Gasteiger partial charge is 0.301 e. The lowest BCUT2D eigenvalue weighted by Crippen LogP contribution is -2.39. The maximum absolute atomic E-state index is 2.22. The Kier molecular flexibility index (Phi) is 3.10. The fraction of sp³-hybridized carbons (Fsp3) is 0.778. The number of hydrogen-bond donors (Lipinski definition) is 0. The Bertz CT molecular complexity index is 132. The van der Waals surface area contributed by atoms with Crippen molar-refractivity contribution in [2.45, 2.75) is 33.2 Å². The van der Waals surface area contributed by atoms with Crippen molar-refractivity contribution in [1.82, 2.24) is 4.90 Å². The van der Waals surface area contributed by atoms with Gasteiger partial charge in [0.15, 0.2) is 0 Å². The van der Waals surface area contributed by atoms with Gasteiger partial charge in [-0.05, 0) is 41.8 Å². The molecule has 0 radical (unpaired) electrons. The summed E-state index contributed by atoms with van der Waals surface area (Å²) < 4.78 is 0. The Labute approximate surface area is 64.7 Å². The van der Waals surface area contributed by atoms with E-state index in [2.05, 4.69) is 52.8 Å². The topological polar surface area (TPSA) is 3.24 Å². The molecule has 0 atom stereocenters. The monoisotopic (exact) mass is 141 g/mol. The van der Waals surface area contributed by atoms with Gasteiger partial charge in [0.25, 0.3) is 0 Å². The summed E-state index contributed by atoms with van der Waals surface area (Å²) in [5.74, 6) is 0. The Hall–Kier alpha value is -0.300. The second kappa shape index (κ2) is 3.20. The zero-order valence-corrected chi connectivity index (χ0v) is 8.02. The first-order valence-electron chi connectivity index (χ1n) is 3.73. The molecule has 0 aromatic rings. The van der Waals surface area contributed by atoms with Gasteiger partial charge in [-0.3, -0.25) is 0 Å². The normalized spacial score (nSPS) is 14.5. The average Bonchev–Trinajstić information content (AvgIpc) is 1.86. The molecule has 0 unspecified atom stereocenters. The van der Waals surface area contributed by atoms with Gasteiger partial charge >= 0.3 is 0 Å². The summed E-state index contributed by atoms with van der Waals surface area (Å²) in [5, 5.41) is 0. The van der Waals surface area contributed by atoms with Crippen molar-refractivity contribution >= 4 is 0 Å². The smallest absolute Gasteiger partial charge is 0.0355 e. The van der Waals surface area contributed by atoms with E-state index >= 15 is 0 Å². The van der Waals surface area contributed by atoms with Crippen molar-refractivity contribution in [3.05, 3.63) is 11.6 Å². The molecule has 0 aromatic heterocycles. The molecule has 0 fully saturated rings. The van der Waals surface area contributed by atoms with E-state index in [-0.39, 0.29) is 5.54 Å². The number of nitrogens with zero attached hydrogens (tertiary/aromatic N) is 1. The molecular weight excluding hydrogens is 122 g/mol. The summed E-state index contributed by atoms with van der Waals surface area (Å²) in [4.78, 5) is 2.22. The van der Waals surface area contributed by atoms with E-state index in [0.29, 0.717) is 0 Å². The zero-order chi connectivity index (χ0) is 8.36. The molecular formula is C9H19N. The Morgan fingerprint density at radius 2 is 1.70 bits per heavy atom. The van der Waals surface area contributed by atoms with Crippen molar-refractivity contribution in [3.8, 4) is 0 Å². The maximum atomic E-state index is 2.22. The second-order valence-electron chi connectivity index (χ2n) is 3.43. The molecule has 0 aliphatic rings. The molecule has 1 nitrogen and oxygen atoms in total. The van der Waals surface area contributed by atoms with Gasteiger partial charge in [-0.25, -0.2) is 0 Å². The van der Waals surface area contributed by atoms with Crippen LogP contribution in [0.1, 0.15) is 27.7 Å². The summed E-state index contributed by atoms with van der Waals surface area (Å²) in [5.41, 5.74) is 1.62. The first kappa shape index (κ1) is 9.70. The van der Waals surface area contributed by atoms with Crippen molar-refractivity contribution in [3.63, 3.8) is 0 Å². The third-order valence-corrected chi connectivity index (χ3v) is 2.52. The van der Waals surface area contributed by atoms with Gasteiger partial charge in [-0.1, -0.05) is 11.6 Å². The van der Waals surface area contributed by atoms with E-state index in [1.807, 2.05) is 0 Å². The quantitative estimate of drug-likeness (QED) is 0.533. The minimum absolute atomic E-state index is 0.203. The van der Waals surface area contributed by atoms with Crippen LogP contribution in [-0.2, 0) is 0 Å². The van der Waals surface area contributed by atoms with Gasteiger partial charge in [0.2, 0.25) is 0 Å². The summed E-state index contributed by atoms with van der Waals surface area (Å²) in [7, 11) is 4.21. The van der Waals surface area contributed by atoms with Crippen molar-refractivity contribution in [2.75, 3.05) is 14.1 Å². The number of rotatable bonds is 2. The van der Waals surface area contributed by atoms with Gasteiger partial charge < -0.3 is 4.90 Å². The van der Waals surface area contributed by atoms with Gasteiger partial charge in [0.05, 0.1) is 0 Å². The minimum atomic E-state index is 0.203. The summed E-state index contributed by atoms with van der Waals surface area (Å²) in [6.07, 6.45) is 2.17. The fourth-order valence-corrected chi connectivity index (χ4v) is 0.706. The lowest BCUT2D eigenvalue weighted by Gasteiger charge is -2.33. The van der Waals surface area contributed by atoms with Gasteiger partial charge in [-0.15, -0.1) is 0 Å². The fourth-order valence-electron chi connectivity index (χ4n) is 0.706. The van der Waals surface area contributed by atoms with Crippen LogP contribution in [0.5, 0.6) is 0 Å². The van der Waals surface area contributed by atoms with E-state index in [1.54, 1.807) is 0 Å². The van der Waals surface area contributed by atoms with Crippen LogP contribution >= 0.6 is 0 Å². The number of allylic oxidation sites excluding steroid dienone is 1. The van der Waals surface area contributed by atoms with Crippen molar-refractivity contribution < 1.29 is 0 Å². The number of likely N-dealkylation sites (N-methyl/N-ethyl adjacent to an activating group) is 1. The molecule has 0 saturated carbocycles. The molecule has 10 heavy (non-hydrogen) atoms. The molecule has 0 N–H and O–H groups in total. The predicted octanol–water partition coefficient (Wildman–Crippen LogP) is 2.29. The van der Waals surface area contributed by atoms with Crippen LogP contribution < -0.4 is 0 Å². The highest BCUT2D eigenvalue weighted by Gasteiger charge is 2.21. The average molecular weight is 141 g/mol. The van der Waals surface area contributed by atoms with E-state index in [1.165, 1.54) is 5.57 Å². The Balaban J connectivity index is 4.40. The van der Waals surface area contributed by atoms with Crippen molar-refractivity contribution in [2.24, 2.45) is 0 Å². The lowest BCUT2D eigenvalue weighted by molar-refractivity contribution is 0.237. The van der Waals surface area contributed by atoms with Crippen LogP contribution in [0, 0.1) is 0 Å². The highest BCUT2D eigenvalue weighted by molar-refractivity contribution is 5.13. The van der Waals surface area contributed by atoms with Gasteiger partial charge in [-0.2, -0.15) is 0 Å². The zero-order valence-electron chi connectivity index (χ0n) is 8.02. The van der Waals surface area contributed by atoms with E-state index in [4.69, 9.17) is 0 Å². The standard InChI is InChI=1S/C9H19N/c1-7-8(2)9(3,4)10(5)6/h7H,1-6H3.